The average Bonchev–Trinajstić information content (AvgIpc) is 2.46. The van der Waals surface area contributed by atoms with Gasteiger partial charge in [-0.25, -0.2) is 0 Å². The van der Waals surface area contributed by atoms with Gasteiger partial charge >= 0.3 is 0 Å². The lowest BCUT2D eigenvalue weighted by molar-refractivity contribution is 0.199. The van der Waals surface area contributed by atoms with Crippen molar-refractivity contribution in [2.24, 2.45) is 11.3 Å². The quantitative estimate of drug-likeness (QED) is 0.741. The molecule has 0 amide bonds. The smallest absolute Gasteiger partial charge is 0.103 e. The predicted octanol–water partition coefficient (Wildman–Crippen LogP) is 4.93. The molecule has 0 N–H and O–H groups in total. The van der Waals surface area contributed by atoms with E-state index in [0.29, 0.717) is 5.41 Å². The SMILES string of the molecule is CCSc1cccc(N2CCC(C(C)(C)C)CC2)c1C#N. The molecule has 3 heteroatoms. The van der Waals surface area contributed by atoms with E-state index in [4.69, 9.17) is 0 Å². The van der Waals surface area contributed by atoms with Crippen LogP contribution in [0, 0.1) is 22.7 Å². The summed E-state index contributed by atoms with van der Waals surface area (Å²) in [7, 11) is 0. The lowest BCUT2D eigenvalue weighted by Gasteiger charge is -2.40. The van der Waals surface area contributed by atoms with Gasteiger partial charge in [0, 0.05) is 18.0 Å². The van der Waals surface area contributed by atoms with Crippen LogP contribution < -0.4 is 4.90 Å². The molecule has 114 valence electrons. The van der Waals surface area contributed by atoms with Crippen molar-refractivity contribution >= 4 is 17.4 Å². The molecular weight excluding hydrogens is 276 g/mol. The molecule has 0 bridgehead atoms. The Kier molecular flexibility index (Phi) is 5.22. The van der Waals surface area contributed by atoms with Gasteiger partial charge < -0.3 is 4.90 Å². The highest BCUT2D eigenvalue weighted by molar-refractivity contribution is 7.99. The van der Waals surface area contributed by atoms with E-state index in [1.165, 1.54) is 12.8 Å². The van der Waals surface area contributed by atoms with E-state index in [1.54, 1.807) is 11.8 Å². The van der Waals surface area contributed by atoms with Crippen molar-refractivity contribution < 1.29 is 0 Å². The van der Waals surface area contributed by atoms with Crippen molar-refractivity contribution in [1.82, 2.24) is 0 Å². The first kappa shape index (κ1) is 16.2. The van der Waals surface area contributed by atoms with Crippen LogP contribution in [0.5, 0.6) is 0 Å². The minimum atomic E-state index is 0.393. The van der Waals surface area contributed by atoms with Crippen LogP contribution in [-0.2, 0) is 0 Å². The van der Waals surface area contributed by atoms with E-state index in [0.717, 1.165) is 40.9 Å². The van der Waals surface area contributed by atoms with Crippen LogP contribution in [0.15, 0.2) is 23.1 Å². The van der Waals surface area contributed by atoms with Gasteiger partial charge in [-0.15, -0.1) is 11.8 Å². The van der Waals surface area contributed by atoms with Gasteiger partial charge in [-0.3, -0.25) is 0 Å². The Bertz CT molecular complexity index is 517. The predicted molar refractivity (Wildman–Crippen MR) is 91.9 cm³/mol. The van der Waals surface area contributed by atoms with E-state index in [1.807, 2.05) is 0 Å². The summed E-state index contributed by atoms with van der Waals surface area (Å²) < 4.78 is 0. The number of nitrogens with zero attached hydrogens (tertiary/aromatic N) is 2. The van der Waals surface area contributed by atoms with Gasteiger partial charge in [-0.05, 0) is 42.1 Å². The third-order valence-electron chi connectivity index (χ3n) is 4.48. The molecule has 1 aliphatic heterocycles. The van der Waals surface area contributed by atoms with Crippen molar-refractivity contribution in [3.63, 3.8) is 0 Å². The normalized spacial score (nSPS) is 16.8. The molecule has 0 aromatic heterocycles. The number of benzene rings is 1. The highest BCUT2D eigenvalue weighted by Gasteiger charge is 2.29. The Morgan fingerprint density at radius 2 is 1.95 bits per heavy atom. The van der Waals surface area contributed by atoms with Crippen LogP contribution in [0.4, 0.5) is 5.69 Å². The summed E-state index contributed by atoms with van der Waals surface area (Å²) in [5.74, 6) is 1.79. The minimum Gasteiger partial charge on any atom is -0.370 e. The monoisotopic (exact) mass is 302 g/mol. The van der Waals surface area contributed by atoms with Gasteiger partial charge in [0.15, 0.2) is 0 Å². The molecule has 1 saturated heterocycles. The van der Waals surface area contributed by atoms with E-state index in [-0.39, 0.29) is 0 Å². The van der Waals surface area contributed by atoms with E-state index in [9.17, 15) is 5.26 Å². The lowest BCUT2D eigenvalue weighted by atomic mass is 9.75. The Morgan fingerprint density at radius 1 is 1.29 bits per heavy atom. The Labute approximate surface area is 133 Å². The molecule has 0 saturated carbocycles. The third-order valence-corrected chi connectivity index (χ3v) is 5.42. The molecule has 0 aliphatic carbocycles. The summed E-state index contributed by atoms with van der Waals surface area (Å²) in [6.45, 7) is 11.3. The van der Waals surface area contributed by atoms with Crippen molar-refractivity contribution in [2.75, 3.05) is 23.7 Å². The Balaban J connectivity index is 2.17. The number of anilines is 1. The number of thioether (sulfide) groups is 1. The molecular formula is C18H26N2S. The summed E-state index contributed by atoms with van der Waals surface area (Å²) >= 11 is 1.76. The highest BCUT2D eigenvalue weighted by Crippen LogP contribution is 2.37. The lowest BCUT2D eigenvalue weighted by Crippen LogP contribution is -2.38. The first-order valence-corrected chi connectivity index (χ1v) is 8.86. The summed E-state index contributed by atoms with van der Waals surface area (Å²) in [6.07, 6.45) is 2.44. The largest absolute Gasteiger partial charge is 0.370 e. The molecule has 0 spiro atoms. The first-order chi connectivity index (χ1) is 9.97. The fourth-order valence-electron chi connectivity index (χ4n) is 3.16. The molecule has 21 heavy (non-hydrogen) atoms. The number of hydrogen-bond acceptors (Lipinski definition) is 3. The number of piperidine rings is 1. The highest BCUT2D eigenvalue weighted by atomic mass is 32.2. The standard InChI is InChI=1S/C18H26N2S/c1-5-21-17-8-6-7-16(15(17)13-19)20-11-9-14(10-12-20)18(2,3)4/h6-8,14H,5,9-12H2,1-4H3. The third kappa shape index (κ3) is 3.74. The van der Waals surface area contributed by atoms with Gasteiger partial charge in [-0.1, -0.05) is 33.8 Å². The minimum absolute atomic E-state index is 0.393. The van der Waals surface area contributed by atoms with Gasteiger partial charge in [0.25, 0.3) is 0 Å². The topological polar surface area (TPSA) is 27.0 Å². The van der Waals surface area contributed by atoms with Crippen LogP contribution in [0.1, 0.15) is 46.1 Å². The summed E-state index contributed by atoms with van der Waals surface area (Å²) in [5, 5.41) is 9.55. The van der Waals surface area contributed by atoms with Gasteiger partial charge in [-0.2, -0.15) is 5.26 Å². The summed E-state index contributed by atoms with van der Waals surface area (Å²) in [5.41, 5.74) is 2.38. The van der Waals surface area contributed by atoms with Gasteiger partial charge in [0.05, 0.1) is 11.3 Å². The molecule has 0 atom stereocenters. The van der Waals surface area contributed by atoms with Crippen molar-refractivity contribution in [2.45, 2.75) is 45.4 Å². The maximum absolute atomic E-state index is 9.55. The van der Waals surface area contributed by atoms with E-state index < -0.39 is 0 Å². The maximum Gasteiger partial charge on any atom is 0.103 e. The molecule has 0 unspecified atom stereocenters. The van der Waals surface area contributed by atoms with E-state index >= 15 is 0 Å². The number of rotatable bonds is 3. The summed E-state index contributed by atoms with van der Waals surface area (Å²) in [4.78, 5) is 3.52. The van der Waals surface area contributed by atoms with Crippen LogP contribution in [0.2, 0.25) is 0 Å². The molecule has 0 radical (unpaired) electrons. The van der Waals surface area contributed by atoms with Crippen molar-refractivity contribution in [3.05, 3.63) is 23.8 Å². The van der Waals surface area contributed by atoms with Crippen molar-refractivity contribution in [1.29, 1.82) is 5.26 Å². The summed E-state index contributed by atoms with van der Waals surface area (Å²) in [6, 6.07) is 8.69. The molecule has 1 aromatic carbocycles. The van der Waals surface area contributed by atoms with Crippen molar-refractivity contribution in [3.8, 4) is 6.07 Å². The zero-order chi connectivity index (χ0) is 15.5. The molecule has 1 aromatic rings. The fraction of sp³-hybridized carbons (Fsp3) is 0.611. The van der Waals surface area contributed by atoms with Crippen LogP contribution in [-0.4, -0.2) is 18.8 Å². The Morgan fingerprint density at radius 3 is 2.48 bits per heavy atom. The second-order valence-corrected chi connectivity index (χ2v) is 8.13. The zero-order valence-corrected chi connectivity index (χ0v) is 14.5. The number of hydrogen-bond donors (Lipinski definition) is 0. The second-order valence-electron chi connectivity index (χ2n) is 6.82. The number of nitriles is 1. The Hall–Kier alpha value is -1.14. The maximum atomic E-state index is 9.55. The fourth-order valence-corrected chi connectivity index (χ4v) is 3.94. The average molecular weight is 302 g/mol. The molecule has 2 nitrogen and oxygen atoms in total. The zero-order valence-electron chi connectivity index (χ0n) is 13.6. The van der Waals surface area contributed by atoms with Crippen LogP contribution >= 0.6 is 11.8 Å². The van der Waals surface area contributed by atoms with Crippen LogP contribution in [0.25, 0.3) is 0 Å². The van der Waals surface area contributed by atoms with Gasteiger partial charge in [0.1, 0.15) is 6.07 Å². The first-order valence-electron chi connectivity index (χ1n) is 7.88. The van der Waals surface area contributed by atoms with E-state index in [2.05, 4.69) is 56.9 Å². The van der Waals surface area contributed by atoms with Crippen LogP contribution in [0.3, 0.4) is 0 Å². The molecule has 2 rings (SSSR count). The van der Waals surface area contributed by atoms with Gasteiger partial charge in [0.2, 0.25) is 0 Å². The molecule has 1 aliphatic rings. The molecule has 1 heterocycles. The molecule has 1 fully saturated rings. The second kappa shape index (κ2) is 6.75.